The molecular weight excluding hydrogens is 268 g/mol. The van der Waals surface area contributed by atoms with Crippen LogP contribution in [0.1, 0.15) is 12.7 Å². The van der Waals surface area contributed by atoms with E-state index in [0.29, 0.717) is 12.4 Å². The fourth-order valence-corrected chi connectivity index (χ4v) is 2.08. The van der Waals surface area contributed by atoms with E-state index in [0.717, 1.165) is 5.76 Å². The number of urea groups is 1. The summed E-state index contributed by atoms with van der Waals surface area (Å²) in [5.74, 6) is 1.27. The molecule has 0 bridgehead atoms. The molecule has 0 aromatic carbocycles. The molecule has 1 aromatic rings. The Balaban J connectivity index is 2.14. The molecule has 0 aliphatic rings. The molecule has 3 amide bonds. The number of hydrogen-bond donors (Lipinski definition) is 2. The molecule has 1 unspecified atom stereocenters. The molecule has 2 N–H and O–H groups in total. The van der Waals surface area contributed by atoms with E-state index in [1.165, 1.54) is 11.8 Å². The maximum absolute atomic E-state index is 11.5. The van der Waals surface area contributed by atoms with Crippen LogP contribution in [0.2, 0.25) is 0 Å². The number of amides is 3. The van der Waals surface area contributed by atoms with Gasteiger partial charge in [-0.1, -0.05) is 0 Å². The minimum absolute atomic E-state index is 0.145. The third kappa shape index (κ3) is 6.88. The molecule has 0 saturated carbocycles. The second kappa shape index (κ2) is 8.60. The van der Waals surface area contributed by atoms with Gasteiger partial charge in [0.05, 0.1) is 30.4 Å². The van der Waals surface area contributed by atoms with E-state index in [1.54, 1.807) is 26.4 Å². The van der Waals surface area contributed by atoms with Crippen LogP contribution in [-0.4, -0.2) is 37.4 Å². The van der Waals surface area contributed by atoms with Crippen molar-refractivity contribution in [3.05, 3.63) is 24.2 Å². The van der Waals surface area contributed by atoms with E-state index in [1.807, 2.05) is 6.07 Å². The van der Waals surface area contributed by atoms with Crippen molar-refractivity contribution < 1.29 is 18.7 Å². The first-order valence-corrected chi connectivity index (χ1v) is 6.96. The van der Waals surface area contributed by atoms with Crippen LogP contribution in [0.3, 0.4) is 0 Å². The second-order valence-electron chi connectivity index (χ2n) is 3.95. The summed E-state index contributed by atoms with van der Waals surface area (Å²) in [6.07, 6.45) is 1.58. The molecule has 1 heterocycles. The standard InChI is InChI=1S/C12H18N2O4S/c1-9(6-17-2)13-12(16)14-11(15)8-19-7-10-4-3-5-18-10/h3-5,9H,6-8H2,1-2H3,(H2,13,14,15,16). The molecule has 0 spiro atoms. The van der Waals surface area contributed by atoms with Crippen molar-refractivity contribution in [3.8, 4) is 0 Å². The number of nitrogens with one attached hydrogen (secondary N) is 2. The summed E-state index contributed by atoms with van der Waals surface area (Å²) in [5, 5.41) is 4.85. The summed E-state index contributed by atoms with van der Waals surface area (Å²) in [4.78, 5) is 22.9. The molecule has 7 heteroatoms. The van der Waals surface area contributed by atoms with E-state index in [2.05, 4.69) is 10.6 Å². The van der Waals surface area contributed by atoms with Gasteiger partial charge in [0.25, 0.3) is 0 Å². The zero-order chi connectivity index (χ0) is 14.1. The van der Waals surface area contributed by atoms with Gasteiger partial charge in [-0.15, -0.1) is 11.8 Å². The monoisotopic (exact) mass is 286 g/mol. The molecule has 0 fully saturated rings. The number of carbonyl (C=O) groups is 2. The minimum atomic E-state index is -0.506. The number of rotatable bonds is 7. The summed E-state index contributed by atoms with van der Waals surface area (Å²) in [7, 11) is 1.55. The predicted octanol–water partition coefficient (Wildman–Crippen LogP) is 1.37. The van der Waals surface area contributed by atoms with Crippen molar-refractivity contribution >= 4 is 23.7 Å². The fourth-order valence-electron chi connectivity index (χ4n) is 1.35. The van der Waals surface area contributed by atoms with Crippen molar-refractivity contribution in [1.82, 2.24) is 10.6 Å². The van der Waals surface area contributed by atoms with Crippen molar-refractivity contribution in [2.24, 2.45) is 0 Å². The lowest BCUT2D eigenvalue weighted by Gasteiger charge is -2.12. The molecule has 0 aliphatic carbocycles. The zero-order valence-electron chi connectivity index (χ0n) is 11.0. The molecule has 1 aromatic heterocycles. The molecular formula is C12H18N2O4S. The SMILES string of the molecule is COCC(C)NC(=O)NC(=O)CSCc1ccco1. The highest BCUT2D eigenvalue weighted by Gasteiger charge is 2.10. The van der Waals surface area contributed by atoms with Crippen molar-refractivity contribution in [1.29, 1.82) is 0 Å². The number of ether oxygens (including phenoxy) is 1. The van der Waals surface area contributed by atoms with Gasteiger partial charge in [0.15, 0.2) is 0 Å². The van der Waals surface area contributed by atoms with Gasteiger partial charge in [-0.25, -0.2) is 4.79 Å². The second-order valence-corrected chi connectivity index (χ2v) is 4.94. The number of carbonyl (C=O) groups excluding carboxylic acids is 2. The first-order chi connectivity index (χ1) is 9.11. The molecule has 106 valence electrons. The topological polar surface area (TPSA) is 80.6 Å². The van der Waals surface area contributed by atoms with E-state index < -0.39 is 6.03 Å². The van der Waals surface area contributed by atoms with Gasteiger partial charge in [-0.05, 0) is 19.1 Å². The van der Waals surface area contributed by atoms with E-state index in [-0.39, 0.29) is 17.7 Å². The molecule has 0 radical (unpaired) electrons. The molecule has 1 atom stereocenters. The highest BCUT2D eigenvalue weighted by atomic mass is 32.2. The average Bonchev–Trinajstić information content (AvgIpc) is 2.81. The Kier molecular flexibility index (Phi) is 7.06. The van der Waals surface area contributed by atoms with Gasteiger partial charge < -0.3 is 14.5 Å². The Morgan fingerprint density at radius 1 is 1.53 bits per heavy atom. The molecule has 0 aliphatic heterocycles. The van der Waals surface area contributed by atoms with Gasteiger partial charge in [0.2, 0.25) is 5.91 Å². The number of thioether (sulfide) groups is 1. The predicted molar refractivity (Wildman–Crippen MR) is 72.9 cm³/mol. The average molecular weight is 286 g/mol. The molecule has 6 nitrogen and oxygen atoms in total. The van der Waals surface area contributed by atoms with Crippen LogP contribution in [-0.2, 0) is 15.3 Å². The van der Waals surface area contributed by atoms with Gasteiger partial charge in [0.1, 0.15) is 5.76 Å². The van der Waals surface area contributed by atoms with Crippen LogP contribution in [0, 0.1) is 0 Å². The Morgan fingerprint density at radius 3 is 2.95 bits per heavy atom. The van der Waals surface area contributed by atoms with Gasteiger partial charge >= 0.3 is 6.03 Å². The Bertz CT molecular complexity index is 394. The third-order valence-corrected chi connectivity index (χ3v) is 3.06. The Hall–Kier alpha value is -1.47. The van der Waals surface area contributed by atoms with Crippen LogP contribution in [0.25, 0.3) is 0 Å². The summed E-state index contributed by atoms with van der Waals surface area (Å²) >= 11 is 1.38. The minimum Gasteiger partial charge on any atom is -0.468 e. The highest BCUT2D eigenvalue weighted by molar-refractivity contribution is 7.99. The molecule has 1 rings (SSSR count). The lowest BCUT2D eigenvalue weighted by Crippen LogP contribution is -2.45. The van der Waals surface area contributed by atoms with E-state index in [9.17, 15) is 9.59 Å². The highest BCUT2D eigenvalue weighted by Crippen LogP contribution is 2.11. The summed E-state index contributed by atoms with van der Waals surface area (Å²) in [6, 6.07) is 2.98. The van der Waals surface area contributed by atoms with Crippen molar-refractivity contribution in [3.63, 3.8) is 0 Å². The normalized spacial score (nSPS) is 11.9. The van der Waals surface area contributed by atoms with Crippen LogP contribution in [0.4, 0.5) is 4.79 Å². The van der Waals surface area contributed by atoms with Crippen LogP contribution < -0.4 is 10.6 Å². The number of furan rings is 1. The Morgan fingerprint density at radius 2 is 2.32 bits per heavy atom. The first-order valence-electron chi connectivity index (χ1n) is 5.81. The maximum atomic E-state index is 11.5. The van der Waals surface area contributed by atoms with E-state index in [4.69, 9.17) is 9.15 Å². The number of hydrogen-bond acceptors (Lipinski definition) is 5. The lowest BCUT2D eigenvalue weighted by atomic mass is 10.4. The van der Waals surface area contributed by atoms with Gasteiger partial charge in [-0.3, -0.25) is 10.1 Å². The van der Waals surface area contributed by atoms with E-state index >= 15 is 0 Å². The summed E-state index contributed by atoms with van der Waals surface area (Å²) in [5.41, 5.74) is 0. The van der Waals surface area contributed by atoms with Crippen molar-refractivity contribution in [2.45, 2.75) is 18.7 Å². The summed E-state index contributed by atoms with van der Waals surface area (Å²) in [6.45, 7) is 2.19. The van der Waals surface area contributed by atoms with Crippen LogP contribution in [0.15, 0.2) is 22.8 Å². The van der Waals surface area contributed by atoms with Crippen LogP contribution in [0.5, 0.6) is 0 Å². The number of imide groups is 1. The fraction of sp³-hybridized carbons (Fsp3) is 0.500. The first kappa shape index (κ1) is 15.6. The lowest BCUT2D eigenvalue weighted by molar-refractivity contribution is -0.117. The quantitative estimate of drug-likeness (QED) is 0.791. The van der Waals surface area contributed by atoms with Crippen molar-refractivity contribution in [2.75, 3.05) is 19.5 Å². The summed E-state index contributed by atoms with van der Waals surface area (Å²) < 4.78 is 10.0. The largest absolute Gasteiger partial charge is 0.468 e. The van der Waals surface area contributed by atoms with Crippen LogP contribution >= 0.6 is 11.8 Å². The third-order valence-electron chi connectivity index (χ3n) is 2.10. The van der Waals surface area contributed by atoms with Gasteiger partial charge in [-0.2, -0.15) is 0 Å². The Labute approximate surface area is 116 Å². The van der Waals surface area contributed by atoms with Gasteiger partial charge in [0, 0.05) is 7.11 Å². The smallest absolute Gasteiger partial charge is 0.321 e. The zero-order valence-corrected chi connectivity index (χ0v) is 11.8. The number of methoxy groups -OCH3 is 1. The molecule has 19 heavy (non-hydrogen) atoms. The maximum Gasteiger partial charge on any atom is 0.321 e. The molecule has 0 saturated heterocycles.